The Morgan fingerprint density at radius 2 is 2.24 bits per heavy atom. The molecular weight excluding hydrogens is 236 g/mol. The maximum Gasteiger partial charge on any atom is 0.252 e. The van der Waals surface area contributed by atoms with E-state index in [-0.39, 0.29) is 12.3 Å². The van der Waals surface area contributed by atoms with Crippen LogP contribution in [0, 0.1) is 23.2 Å². The van der Waals surface area contributed by atoms with Crippen LogP contribution in [-0.4, -0.2) is 17.1 Å². The summed E-state index contributed by atoms with van der Waals surface area (Å²) in [6.07, 6.45) is 6.60. The van der Waals surface area contributed by atoms with Crippen molar-refractivity contribution in [3.63, 3.8) is 0 Å². The van der Waals surface area contributed by atoms with Crippen molar-refractivity contribution in [2.45, 2.75) is 25.3 Å². The van der Waals surface area contributed by atoms with Gasteiger partial charge >= 0.3 is 0 Å². The lowest BCUT2D eigenvalue weighted by Crippen LogP contribution is -2.50. The van der Waals surface area contributed by atoms with Gasteiger partial charge in [0.15, 0.2) is 5.11 Å². The summed E-state index contributed by atoms with van der Waals surface area (Å²) in [5, 5.41) is 11.9. The summed E-state index contributed by atoms with van der Waals surface area (Å²) in [4.78, 5) is 11.0. The molecule has 3 N–H and O–H groups in total. The number of amides is 1. The Labute approximate surface area is 105 Å². The number of carbonyl (C=O) groups is 1. The molecule has 90 valence electrons. The van der Waals surface area contributed by atoms with E-state index in [1.807, 2.05) is 0 Å². The highest BCUT2D eigenvalue weighted by Gasteiger charge is 2.35. The highest BCUT2D eigenvalue weighted by molar-refractivity contribution is 7.80. The van der Waals surface area contributed by atoms with E-state index in [0.29, 0.717) is 23.0 Å². The molecule has 1 amide bonds. The van der Waals surface area contributed by atoms with Crippen LogP contribution in [-0.2, 0) is 4.79 Å². The minimum absolute atomic E-state index is 0.174. The van der Waals surface area contributed by atoms with E-state index in [0.717, 1.165) is 6.42 Å². The molecule has 0 aromatic heterocycles. The largest absolute Gasteiger partial charge is 0.358 e. The molecule has 2 rings (SSSR count). The van der Waals surface area contributed by atoms with Gasteiger partial charge in [-0.05, 0) is 36.9 Å². The van der Waals surface area contributed by atoms with Crippen molar-refractivity contribution >= 4 is 23.2 Å². The van der Waals surface area contributed by atoms with Gasteiger partial charge < -0.3 is 5.32 Å². The summed E-state index contributed by atoms with van der Waals surface area (Å²) in [6.45, 7) is 0. The summed E-state index contributed by atoms with van der Waals surface area (Å²) in [5.41, 5.74) is 4.97. The monoisotopic (exact) mass is 250 g/mol. The van der Waals surface area contributed by atoms with Gasteiger partial charge in [-0.3, -0.25) is 15.6 Å². The van der Waals surface area contributed by atoms with Crippen LogP contribution in [0.4, 0.5) is 0 Å². The fraction of sp³-hybridized carbons (Fsp3) is 0.545. The van der Waals surface area contributed by atoms with Gasteiger partial charge in [-0.1, -0.05) is 12.2 Å². The molecule has 2 bridgehead atoms. The van der Waals surface area contributed by atoms with E-state index >= 15 is 0 Å². The van der Waals surface area contributed by atoms with E-state index in [2.05, 4.69) is 28.3 Å². The van der Waals surface area contributed by atoms with Crippen molar-refractivity contribution in [1.82, 2.24) is 16.2 Å². The van der Waals surface area contributed by atoms with E-state index in [1.165, 1.54) is 6.42 Å². The zero-order chi connectivity index (χ0) is 12.3. The molecule has 0 aromatic carbocycles. The quantitative estimate of drug-likeness (QED) is 0.375. The zero-order valence-electron chi connectivity index (χ0n) is 9.27. The molecule has 0 spiro atoms. The van der Waals surface area contributed by atoms with Crippen LogP contribution in [0.2, 0.25) is 0 Å². The molecule has 1 fully saturated rings. The van der Waals surface area contributed by atoms with Gasteiger partial charge in [-0.2, -0.15) is 5.26 Å². The van der Waals surface area contributed by atoms with Crippen LogP contribution in [0.25, 0.3) is 0 Å². The number of rotatable bonds is 2. The fourth-order valence-corrected chi connectivity index (χ4v) is 2.60. The Morgan fingerprint density at radius 3 is 2.82 bits per heavy atom. The topological polar surface area (TPSA) is 77.0 Å². The lowest BCUT2D eigenvalue weighted by molar-refractivity contribution is -0.120. The number of hydrogen-bond acceptors (Lipinski definition) is 3. The first-order valence-corrected chi connectivity index (χ1v) is 6.00. The Kier molecular flexibility index (Phi) is 3.59. The second-order valence-corrected chi connectivity index (χ2v) is 4.78. The number of allylic oxidation sites excluding steroid dienone is 1. The predicted molar refractivity (Wildman–Crippen MR) is 66.4 cm³/mol. The van der Waals surface area contributed by atoms with Crippen LogP contribution in [0.1, 0.15) is 19.3 Å². The van der Waals surface area contributed by atoms with Crippen molar-refractivity contribution in [1.29, 1.82) is 5.26 Å². The number of thiocarbonyl (C=S) groups is 1. The average molecular weight is 250 g/mol. The number of nitrogens with one attached hydrogen (secondary N) is 3. The molecular formula is C11H14N4OS. The van der Waals surface area contributed by atoms with Crippen LogP contribution in [0.3, 0.4) is 0 Å². The minimum Gasteiger partial charge on any atom is -0.358 e. The summed E-state index contributed by atoms with van der Waals surface area (Å²) >= 11 is 5.06. The van der Waals surface area contributed by atoms with E-state index in [9.17, 15) is 4.79 Å². The average Bonchev–Trinajstić information content (AvgIpc) is 2.88. The number of nitrogens with zero attached hydrogens (tertiary/aromatic N) is 1. The number of hydrazine groups is 1. The molecule has 5 nitrogen and oxygen atoms in total. The number of fused-ring (bicyclic) bond motifs is 2. The smallest absolute Gasteiger partial charge is 0.252 e. The summed E-state index contributed by atoms with van der Waals surface area (Å²) in [6, 6.07) is 2.12. The van der Waals surface area contributed by atoms with Gasteiger partial charge in [0.05, 0.1) is 6.07 Å². The highest BCUT2D eigenvalue weighted by Crippen LogP contribution is 2.38. The Balaban J connectivity index is 1.70. The molecule has 0 aliphatic heterocycles. The molecule has 3 atom stereocenters. The SMILES string of the molecule is N#CCC(=O)NNC(=S)N[C@@H]1C[C@@H]2C=C[C@H]1C2. The minimum atomic E-state index is -0.385. The summed E-state index contributed by atoms with van der Waals surface area (Å²) in [5.74, 6) is 0.840. The molecule has 1 saturated carbocycles. The van der Waals surface area contributed by atoms with Crippen molar-refractivity contribution < 1.29 is 4.79 Å². The van der Waals surface area contributed by atoms with Gasteiger partial charge in [-0.15, -0.1) is 0 Å². The lowest BCUT2D eigenvalue weighted by atomic mass is 10.0. The van der Waals surface area contributed by atoms with Gasteiger partial charge in [0, 0.05) is 6.04 Å². The molecule has 17 heavy (non-hydrogen) atoms. The Morgan fingerprint density at radius 1 is 1.41 bits per heavy atom. The standard InChI is InChI=1S/C11H14N4OS/c12-4-3-10(16)14-15-11(17)13-9-6-7-1-2-8(9)5-7/h1-2,7-9H,3,5-6H2,(H,14,16)(H2,13,15,17)/t7-,8+,9-/m1/s1. The van der Waals surface area contributed by atoms with Crippen molar-refractivity contribution in [3.05, 3.63) is 12.2 Å². The number of nitriles is 1. The van der Waals surface area contributed by atoms with Crippen molar-refractivity contribution in [3.8, 4) is 6.07 Å². The van der Waals surface area contributed by atoms with Gasteiger partial charge in [0.1, 0.15) is 6.42 Å². The molecule has 0 unspecified atom stereocenters. The van der Waals surface area contributed by atoms with E-state index < -0.39 is 0 Å². The van der Waals surface area contributed by atoms with Crippen LogP contribution in [0.15, 0.2) is 12.2 Å². The number of carbonyl (C=O) groups excluding carboxylic acids is 1. The van der Waals surface area contributed by atoms with Gasteiger partial charge in [0.2, 0.25) is 0 Å². The third-order valence-electron chi connectivity index (χ3n) is 3.15. The van der Waals surface area contributed by atoms with E-state index in [1.54, 1.807) is 6.07 Å². The molecule has 0 aromatic rings. The third-order valence-corrected chi connectivity index (χ3v) is 3.37. The fourth-order valence-electron chi connectivity index (χ4n) is 2.39. The molecule has 2 aliphatic carbocycles. The van der Waals surface area contributed by atoms with Gasteiger partial charge in [-0.25, -0.2) is 0 Å². The summed E-state index contributed by atoms with van der Waals surface area (Å²) < 4.78 is 0. The second-order valence-electron chi connectivity index (χ2n) is 4.37. The Hall–Kier alpha value is -1.61. The van der Waals surface area contributed by atoms with Crippen molar-refractivity contribution in [2.75, 3.05) is 0 Å². The third kappa shape index (κ3) is 2.94. The molecule has 0 saturated heterocycles. The lowest BCUT2D eigenvalue weighted by Gasteiger charge is -2.21. The molecule has 0 heterocycles. The zero-order valence-corrected chi connectivity index (χ0v) is 10.1. The maximum atomic E-state index is 11.0. The molecule has 6 heteroatoms. The second kappa shape index (κ2) is 5.15. The van der Waals surface area contributed by atoms with Crippen LogP contribution >= 0.6 is 12.2 Å². The molecule has 2 aliphatic rings. The van der Waals surface area contributed by atoms with Crippen LogP contribution < -0.4 is 16.2 Å². The van der Waals surface area contributed by atoms with Crippen molar-refractivity contribution in [2.24, 2.45) is 11.8 Å². The first-order valence-electron chi connectivity index (χ1n) is 5.59. The Bertz CT molecular complexity index is 401. The number of hydrogen-bond donors (Lipinski definition) is 3. The normalized spacial score (nSPS) is 28.5. The first kappa shape index (κ1) is 11.9. The highest BCUT2D eigenvalue weighted by atomic mass is 32.1. The predicted octanol–water partition coefficient (Wildman–Crippen LogP) is 0.360. The van der Waals surface area contributed by atoms with Gasteiger partial charge in [0.25, 0.3) is 5.91 Å². The molecule has 0 radical (unpaired) electrons. The van der Waals surface area contributed by atoms with Crippen LogP contribution in [0.5, 0.6) is 0 Å². The maximum absolute atomic E-state index is 11.0. The first-order chi connectivity index (χ1) is 8.19. The summed E-state index contributed by atoms with van der Waals surface area (Å²) in [7, 11) is 0. The van der Waals surface area contributed by atoms with E-state index in [4.69, 9.17) is 17.5 Å².